The maximum Gasteiger partial charge on any atom is 0.222 e. The fourth-order valence-electron chi connectivity index (χ4n) is 1.75. The van der Waals surface area contributed by atoms with Crippen LogP contribution in [0.3, 0.4) is 0 Å². The molecule has 0 unspecified atom stereocenters. The molecule has 0 saturated heterocycles. The molecule has 2 N–H and O–H groups in total. The third-order valence-corrected chi connectivity index (χ3v) is 2.66. The maximum absolute atomic E-state index is 11.9. The zero-order valence-electron chi connectivity index (χ0n) is 11.0. The summed E-state index contributed by atoms with van der Waals surface area (Å²) in [6.07, 6.45) is 2.38. The number of amides is 1. The van der Waals surface area contributed by atoms with Crippen LogP contribution in [0.25, 0.3) is 0 Å². The first-order valence-corrected chi connectivity index (χ1v) is 6.29. The summed E-state index contributed by atoms with van der Waals surface area (Å²) in [7, 11) is 0. The van der Waals surface area contributed by atoms with Crippen LogP contribution in [0.5, 0.6) is 0 Å². The Labute approximate surface area is 116 Å². The molecule has 1 amide bonds. The van der Waals surface area contributed by atoms with Crippen LogP contribution in [-0.2, 0) is 11.3 Å². The highest BCUT2D eigenvalue weighted by molar-refractivity contribution is 5.85. The van der Waals surface area contributed by atoms with E-state index in [1.54, 1.807) is 0 Å². The Balaban J connectivity index is 0.00000289. The Kier molecular flexibility index (Phi) is 9.33. The Bertz CT molecular complexity index is 330. The van der Waals surface area contributed by atoms with Gasteiger partial charge in [0.25, 0.3) is 0 Å². The van der Waals surface area contributed by atoms with Crippen LogP contribution in [0.1, 0.15) is 31.7 Å². The molecule has 102 valence electrons. The van der Waals surface area contributed by atoms with Crippen molar-refractivity contribution in [2.45, 2.75) is 32.7 Å². The molecule has 0 aliphatic heterocycles. The number of carbonyl (C=O) groups is 1. The number of benzene rings is 1. The maximum atomic E-state index is 11.9. The van der Waals surface area contributed by atoms with E-state index in [9.17, 15) is 4.79 Å². The molecule has 0 saturated carbocycles. The highest BCUT2D eigenvalue weighted by Gasteiger charge is 2.12. The Morgan fingerprint density at radius 1 is 1.28 bits per heavy atom. The molecule has 0 spiro atoms. The minimum atomic E-state index is 0. The summed E-state index contributed by atoms with van der Waals surface area (Å²) >= 11 is 0. The number of hydrogen-bond donors (Lipinski definition) is 1. The quantitative estimate of drug-likeness (QED) is 0.828. The van der Waals surface area contributed by atoms with Crippen molar-refractivity contribution in [2.75, 3.05) is 13.1 Å². The molecule has 18 heavy (non-hydrogen) atoms. The molecule has 1 rings (SSSR count). The van der Waals surface area contributed by atoms with Gasteiger partial charge in [0.05, 0.1) is 0 Å². The molecule has 0 aromatic heterocycles. The molecule has 0 bridgehead atoms. The van der Waals surface area contributed by atoms with E-state index in [1.165, 1.54) is 5.56 Å². The van der Waals surface area contributed by atoms with Gasteiger partial charge in [-0.2, -0.15) is 0 Å². The van der Waals surface area contributed by atoms with Crippen LogP contribution in [0.2, 0.25) is 0 Å². The normalized spacial score (nSPS) is 9.67. The first-order chi connectivity index (χ1) is 8.27. The SMILES string of the molecule is CCCC(=O)N(CCCN)Cc1ccccc1.Cl. The van der Waals surface area contributed by atoms with Gasteiger partial charge < -0.3 is 10.6 Å². The third-order valence-electron chi connectivity index (χ3n) is 2.66. The molecule has 0 aliphatic rings. The fraction of sp³-hybridized carbons (Fsp3) is 0.500. The molecule has 0 atom stereocenters. The minimum absolute atomic E-state index is 0. The lowest BCUT2D eigenvalue weighted by Crippen LogP contribution is -2.32. The van der Waals surface area contributed by atoms with Gasteiger partial charge in [0.1, 0.15) is 0 Å². The minimum Gasteiger partial charge on any atom is -0.338 e. The summed E-state index contributed by atoms with van der Waals surface area (Å²) in [6, 6.07) is 10.1. The van der Waals surface area contributed by atoms with Crippen molar-refractivity contribution in [3.8, 4) is 0 Å². The van der Waals surface area contributed by atoms with Crippen LogP contribution >= 0.6 is 12.4 Å². The zero-order valence-corrected chi connectivity index (χ0v) is 11.8. The number of carbonyl (C=O) groups excluding carboxylic acids is 1. The summed E-state index contributed by atoms with van der Waals surface area (Å²) in [6.45, 7) is 4.11. The molecule has 1 aromatic carbocycles. The molecule has 0 aliphatic carbocycles. The van der Waals surface area contributed by atoms with Crippen LogP contribution in [0, 0.1) is 0 Å². The Hall–Kier alpha value is -1.06. The molecule has 3 nitrogen and oxygen atoms in total. The lowest BCUT2D eigenvalue weighted by molar-refractivity contribution is -0.131. The smallest absolute Gasteiger partial charge is 0.222 e. The van der Waals surface area contributed by atoms with Crippen LogP contribution < -0.4 is 5.73 Å². The van der Waals surface area contributed by atoms with E-state index < -0.39 is 0 Å². The number of nitrogens with zero attached hydrogens (tertiary/aromatic N) is 1. The topological polar surface area (TPSA) is 46.3 Å². The second kappa shape index (κ2) is 9.92. The number of nitrogens with two attached hydrogens (primary N) is 1. The van der Waals surface area contributed by atoms with Crippen molar-refractivity contribution in [3.63, 3.8) is 0 Å². The van der Waals surface area contributed by atoms with Crippen molar-refractivity contribution < 1.29 is 4.79 Å². The fourth-order valence-corrected chi connectivity index (χ4v) is 1.75. The average molecular weight is 271 g/mol. The monoisotopic (exact) mass is 270 g/mol. The van der Waals surface area contributed by atoms with Crippen molar-refractivity contribution in [1.82, 2.24) is 4.90 Å². The van der Waals surface area contributed by atoms with Gasteiger partial charge in [0.2, 0.25) is 5.91 Å². The van der Waals surface area contributed by atoms with Crippen molar-refractivity contribution in [1.29, 1.82) is 0 Å². The summed E-state index contributed by atoms with van der Waals surface area (Å²) < 4.78 is 0. The zero-order chi connectivity index (χ0) is 12.5. The lowest BCUT2D eigenvalue weighted by Gasteiger charge is -2.22. The second-order valence-electron chi connectivity index (χ2n) is 4.19. The largest absolute Gasteiger partial charge is 0.338 e. The summed E-state index contributed by atoms with van der Waals surface area (Å²) in [5.74, 6) is 0.227. The predicted molar refractivity (Wildman–Crippen MR) is 77.7 cm³/mol. The lowest BCUT2D eigenvalue weighted by atomic mass is 10.2. The number of hydrogen-bond acceptors (Lipinski definition) is 2. The first kappa shape index (κ1) is 16.9. The summed E-state index contributed by atoms with van der Waals surface area (Å²) in [5, 5.41) is 0. The Morgan fingerprint density at radius 2 is 1.94 bits per heavy atom. The molecule has 4 heteroatoms. The Morgan fingerprint density at radius 3 is 2.50 bits per heavy atom. The average Bonchev–Trinajstić information content (AvgIpc) is 2.36. The van der Waals surface area contributed by atoms with E-state index in [-0.39, 0.29) is 18.3 Å². The van der Waals surface area contributed by atoms with Crippen molar-refractivity contribution in [2.24, 2.45) is 5.73 Å². The molecule has 0 fully saturated rings. The van der Waals surface area contributed by atoms with Crippen molar-refractivity contribution in [3.05, 3.63) is 35.9 Å². The van der Waals surface area contributed by atoms with E-state index in [0.717, 1.165) is 19.4 Å². The van der Waals surface area contributed by atoms with Gasteiger partial charge in [0, 0.05) is 19.5 Å². The van der Waals surface area contributed by atoms with E-state index in [1.807, 2.05) is 30.0 Å². The second-order valence-corrected chi connectivity index (χ2v) is 4.19. The summed E-state index contributed by atoms with van der Waals surface area (Å²) in [4.78, 5) is 13.8. The third kappa shape index (κ3) is 6.03. The molecular weight excluding hydrogens is 248 g/mol. The van der Waals surface area contributed by atoms with Gasteiger partial charge in [-0.1, -0.05) is 37.3 Å². The number of rotatable bonds is 7. The van der Waals surface area contributed by atoms with E-state index in [0.29, 0.717) is 19.5 Å². The molecule has 0 heterocycles. The van der Waals surface area contributed by atoms with Crippen LogP contribution in [-0.4, -0.2) is 23.9 Å². The molecule has 0 radical (unpaired) electrons. The van der Waals surface area contributed by atoms with Gasteiger partial charge in [-0.3, -0.25) is 4.79 Å². The van der Waals surface area contributed by atoms with E-state index in [2.05, 4.69) is 12.1 Å². The standard InChI is InChI=1S/C14H22N2O.ClH/c1-2-7-14(17)16(11-6-10-15)12-13-8-4-3-5-9-13;/h3-5,8-9H,2,6-7,10-12,15H2,1H3;1H. The van der Waals surface area contributed by atoms with Gasteiger partial charge in [-0.05, 0) is 24.9 Å². The van der Waals surface area contributed by atoms with E-state index in [4.69, 9.17) is 5.73 Å². The molecule has 1 aromatic rings. The van der Waals surface area contributed by atoms with Gasteiger partial charge in [-0.25, -0.2) is 0 Å². The van der Waals surface area contributed by atoms with Gasteiger partial charge in [0.15, 0.2) is 0 Å². The highest BCUT2D eigenvalue weighted by Crippen LogP contribution is 2.07. The predicted octanol–water partition coefficient (Wildman–Crippen LogP) is 2.59. The summed E-state index contributed by atoms with van der Waals surface area (Å²) in [5.41, 5.74) is 6.68. The number of halogens is 1. The van der Waals surface area contributed by atoms with Crippen molar-refractivity contribution >= 4 is 18.3 Å². The van der Waals surface area contributed by atoms with Crippen LogP contribution in [0.15, 0.2) is 30.3 Å². The molecular formula is C14H23ClN2O. The first-order valence-electron chi connectivity index (χ1n) is 6.29. The van der Waals surface area contributed by atoms with Gasteiger partial charge >= 0.3 is 0 Å². The van der Waals surface area contributed by atoms with E-state index >= 15 is 0 Å². The highest BCUT2D eigenvalue weighted by atomic mass is 35.5. The van der Waals surface area contributed by atoms with Gasteiger partial charge in [-0.15, -0.1) is 12.4 Å². The van der Waals surface area contributed by atoms with Crippen LogP contribution in [0.4, 0.5) is 0 Å².